The first-order chi connectivity index (χ1) is 13.7. The number of hydrogen-bond donors (Lipinski definition) is 1. The van der Waals surface area contributed by atoms with Crippen LogP contribution in [0, 0.1) is 11.8 Å². The van der Waals surface area contributed by atoms with E-state index < -0.39 is 0 Å². The van der Waals surface area contributed by atoms with Crippen molar-refractivity contribution in [2.75, 3.05) is 0 Å². The monoisotopic (exact) mass is 378 g/mol. The molecule has 3 rings (SSSR count). The maximum Gasteiger partial charge on any atom is 0.115 e. The second kappa shape index (κ2) is 11.3. The minimum absolute atomic E-state index is 0.324. The standard InChI is InChI=1S/C27H38O/c1-2-3-4-7-22-10-12-23(13-11-22)8-5-6-9-24-14-16-25(17-15-24)26-18-20-27(28)21-19-26/h14-23,28H,2-13H2,1H3/t22-,23-. The predicted molar refractivity (Wildman–Crippen MR) is 121 cm³/mol. The van der Waals surface area contributed by atoms with Crippen LogP contribution in [-0.4, -0.2) is 5.11 Å². The molecule has 0 heterocycles. The van der Waals surface area contributed by atoms with Gasteiger partial charge in [0.1, 0.15) is 5.75 Å². The van der Waals surface area contributed by atoms with E-state index in [-0.39, 0.29) is 0 Å². The Bertz CT molecular complexity index is 662. The smallest absolute Gasteiger partial charge is 0.115 e. The van der Waals surface area contributed by atoms with E-state index in [2.05, 4.69) is 31.2 Å². The molecule has 1 fully saturated rings. The first-order valence-corrected chi connectivity index (χ1v) is 11.6. The molecule has 1 N–H and O–H groups in total. The lowest BCUT2D eigenvalue weighted by atomic mass is 9.78. The van der Waals surface area contributed by atoms with Crippen molar-refractivity contribution in [2.24, 2.45) is 11.8 Å². The molecule has 0 bridgehead atoms. The SMILES string of the molecule is CCCCC[C@H]1CC[C@H](CCCCc2ccc(-c3ccc(O)cc3)cc2)CC1. The lowest BCUT2D eigenvalue weighted by Gasteiger charge is -2.28. The van der Waals surface area contributed by atoms with Gasteiger partial charge in [-0.05, 0) is 53.5 Å². The molecule has 0 aromatic heterocycles. The zero-order valence-corrected chi connectivity index (χ0v) is 17.7. The zero-order chi connectivity index (χ0) is 19.6. The van der Waals surface area contributed by atoms with E-state index in [1.54, 1.807) is 12.1 Å². The fraction of sp³-hybridized carbons (Fsp3) is 0.556. The van der Waals surface area contributed by atoms with Gasteiger partial charge < -0.3 is 5.11 Å². The number of phenolic OH excluding ortho intramolecular Hbond substituents is 1. The van der Waals surface area contributed by atoms with Gasteiger partial charge in [0.25, 0.3) is 0 Å². The van der Waals surface area contributed by atoms with Gasteiger partial charge in [-0.15, -0.1) is 0 Å². The third-order valence-electron chi connectivity index (χ3n) is 6.66. The molecule has 152 valence electrons. The van der Waals surface area contributed by atoms with Gasteiger partial charge in [0, 0.05) is 0 Å². The number of benzene rings is 2. The van der Waals surface area contributed by atoms with Crippen LogP contribution < -0.4 is 0 Å². The van der Waals surface area contributed by atoms with Crippen molar-refractivity contribution in [3.05, 3.63) is 54.1 Å². The van der Waals surface area contributed by atoms with Gasteiger partial charge in [-0.3, -0.25) is 0 Å². The molecule has 0 saturated heterocycles. The van der Waals surface area contributed by atoms with Crippen LogP contribution in [0.5, 0.6) is 5.75 Å². The molecule has 1 heteroatoms. The van der Waals surface area contributed by atoms with Gasteiger partial charge in [-0.25, -0.2) is 0 Å². The maximum absolute atomic E-state index is 9.42. The highest BCUT2D eigenvalue weighted by Gasteiger charge is 2.20. The quantitative estimate of drug-likeness (QED) is 0.413. The molecule has 28 heavy (non-hydrogen) atoms. The van der Waals surface area contributed by atoms with Crippen LogP contribution in [0.4, 0.5) is 0 Å². The predicted octanol–water partition coefficient (Wildman–Crippen LogP) is 8.16. The Balaban J connectivity index is 1.32. The number of rotatable bonds is 10. The van der Waals surface area contributed by atoms with E-state index in [0.717, 1.165) is 17.4 Å². The fourth-order valence-corrected chi connectivity index (χ4v) is 4.77. The van der Waals surface area contributed by atoms with Crippen molar-refractivity contribution in [3.63, 3.8) is 0 Å². The Kier molecular flexibility index (Phi) is 8.45. The molecule has 0 atom stereocenters. The van der Waals surface area contributed by atoms with E-state index in [4.69, 9.17) is 0 Å². The molecule has 0 amide bonds. The van der Waals surface area contributed by atoms with Crippen LogP contribution in [0.2, 0.25) is 0 Å². The summed E-state index contributed by atoms with van der Waals surface area (Å²) in [5.74, 6) is 2.36. The zero-order valence-electron chi connectivity index (χ0n) is 17.7. The van der Waals surface area contributed by atoms with Crippen molar-refractivity contribution in [1.29, 1.82) is 0 Å². The Morgan fingerprint density at radius 3 is 1.71 bits per heavy atom. The first-order valence-electron chi connectivity index (χ1n) is 11.6. The highest BCUT2D eigenvalue weighted by molar-refractivity contribution is 5.64. The summed E-state index contributed by atoms with van der Waals surface area (Å²) in [5.41, 5.74) is 3.83. The third kappa shape index (κ3) is 6.69. The number of aryl methyl sites for hydroxylation is 1. The molecule has 0 aliphatic heterocycles. The summed E-state index contributed by atoms with van der Waals surface area (Å²) < 4.78 is 0. The Morgan fingerprint density at radius 2 is 1.18 bits per heavy atom. The van der Waals surface area contributed by atoms with Gasteiger partial charge in [0.15, 0.2) is 0 Å². The Morgan fingerprint density at radius 1 is 0.679 bits per heavy atom. The lowest BCUT2D eigenvalue weighted by molar-refractivity contribution is 0.245. The minimum Gasteiger partial charge on any atom is -0.508 e. The first kappa shape index (κ1) is 21.0. The molecule has 0 spiro atoms. The number of unbranched alkanes of at least 4 members (excludes halogenated alkanes) is 3. The molecule has 1 saturated carbocycles. The summed E-state index contributed by atoms with van der Waals surface area (Å²) in [6, 6.07) is 16.4. The second-order valence-corrected chi connectivity index (χ2v) is 8.87. The van der Waals surface area contributed by atoms with Gasteiger partial charge >= 0.3 is 0 Å². The van der Waals surface area contributed by atoms with Crippen LogP contribution in [0.1, 0.15) is 83.1 Å². The normalized spacial score (nSPS) is 19.6. The number of phenols is 1. The fourth-order valence-electron chi connectivity index (χ4n) is 4.77. The molecule has 1 aliphatic carbocycles. The van der Waals surface area contributed by atoms with Gasteiger partial charge in [-0.1, -0.05) is 108 Å². The highest BCUT2D eigenvalue weighted by atomic mass is 16.3. The summed E-state index contributed by atoms with van der Waals surface area (Å²) in [6.07, 6.45) is 17.0. The van der Waals surface area contributed by atoms with E-state index in [1.165, 1.54) is 88.2 Å². The van der Waals surface area contributed by atoms with Crippen molar-refractivity contribution in [1.82, 2.24) is 0 Å². The lowest BCUT2D eigenvalue weighted by Crippen LogP contribution is -2.14. The van der Waals surface area contributed by atoms with Gasteiger partial charge in [-0.2, -0.15) is 0 Å². The summed E-state index contributed by atoms with van der Waals surface area (Å²) >= 11 is 0. The van der Waals surface area contributed by atoms with Crippen LogP contribution in [0.3, 0.4) is 0 Å². The molecule has 2 aromatic carbocycles. The second-order valence-electron chi connectivity index (χ2n) is 8.87. The minimum atomic E-state index is 0.324. The van der Waals surface area contributed by atoms with E-state index in [1.807, 2.05) is 12.1 Å². The average molecular weight is 379 g/mol. The van der Waals surface area contributed by atoms with Crippen LogP contribution in [0.25, 0.3) is 11.1 Å². The summed E-state index contributed by atoms with van der Waals surface area (Å²) in [7, 11) is 0. The topological polar surface area (TPSA) is 20.2 Å². The Labute approximate surface area is 172 Å². The molecular weight excluding hydrogens is 340 g/mol. The summed E-state index contributed by atoms with van der Waals surface area (Å²) in [5, 5.41) is 9.42. The number of aromatic hydroxyl groups is 1. The van der Waals surface area contributed by atoms with Crippen LogP contribution >= 0.6 is 0 Å². The molecule has 0 radical (unpaired) electrons. The number of hydrogen-bond acceptors (Lipinski definition) is 1. The molecule has 1 nitrogen and oxygen atoms in total. The molecule has 1 aliphatic rings. The van der Waals surface area contributed by atoms with E-state index in [9.17, 15) is 5.11 Å². The maximum atomic E-state index is 9.42. The van der Waals surface area contributed by atoms with Gasteiger partial charge in [0.2, 0.25) is 0 Å². The summed E-state index contributed by atoms with van der Waals surface area (Å²) in [6.45, 7) is 2.31. The largest absolute Gasteiger partial charge is 0.508 e. The van der Waals surface area contributed by atoms with Crippen molar-refractivity contribution in [2.45, 2.75) is 84.0 Å². The summed E-state index contributed by atoms with van der Waals surface area (Å²) in [4.78, 5) is 0. The highest BCUT2D eigenvalue weighted by Crippen LogP contribution is 2.34. The van der Waals surface area contributed by atoms with Gasteiger partial charge in [0.05, 0.1) is 0 Å². The third-order valence-corrected chi connectivity index (χ3v) is 6.66. The molecule has 0 unspecified atom stereocenters. The van der Waals surface area contributed by atoms with E-state index in [0.29, 0.717) is 5.75 Å². The van der Waals surface area contributed by atoms with Crippen molar-refractivity contribution in [3.8, 4) is 16.9 Å². The van der Waals surface area contributed by atoms with Crippen LogP contribution in [-0.2, 0) is 6.42 Å². The Hall–Kier alpha value is -1.76. The average Bonchev–Trinajstić information content (AvgIpc) is 2.73. The molecular formula is C27H38O. The van der Waals surface area contributed by atoms with Crippen LogP contribution in [0.15, 0.2) is 48.5 Å². The molecule has 2 aromatic rings. The van der Waals surface area contributed by atoms with E-state index >= 15 is 0 Å². The van der Waals surface area contributed by atoms with Crippen molar-refractivity contribution >= 4 is 0 Å². The van der Waals surface area contributed by atoms with Crippen molar-refractivity contribution < 1.29 is 5.11 Å².